The number of aliphatic hydroxyl groups is 1. The van der Waals surface area contributed by atoms with E-state index >= 15 is 0 Å². The average molecular weight is 315 g/mol. The van der Waals surface area contributed by atoms with Crippen LogP contribution in [-0.4, -0.2) is 42.4 Å². The van der Waals surface area contributed by atoms with Crippen LogP contribution in [0.5, 0.6) is 0 Å². The predicted molar refractivity (Wildman–Crippen MR) is 91.2 cm³/mol. The van der Waals surface area contributed by atoms with Gasteiger partial charge in [0.2, 0.25) is 0 Å². The zero-order chi connectivity index (χ0) is 15.7. The molecule has 4 aliphatic rings. The van der Waals surface area contributed by atoms with Crippen LogP contribution in [0.4, 0.5) is 0 Å². The molecule has 2 bridgehead atoms. The largest absolute Gasteiger partial charge is 0.382 e. The Kier molecular flexibility index (Phi) is 4.44. The Labute approximate surface area is 139 Å². The highest BCUT2D eigenvalue weighted by Gasteiger charge is 2.42. The Balaban J connectivity index is 1.49. The van der Waals surface area contributed by atoms with Crippen LogP contribution >= 0.6 is 0 Å². The zero-order valence-electron chi connectivity index (χ0n) is 14.0. The van der Waals surface area contributed by atoms with Crippen molar-refractivity contribution in [3.8, 4) is 0 Å². The van der Waals surface area contributed by atoms with Gasteiger partial charge in [-0.25, -0.2) is 0 Å². The van der Waals surface area contributed by atoms with Crippen molar-refractivity contribution < 1.29 is 9.84 Å². The summed E-state index contributed by atoms with van der Waals surface area (Å²) in [6, 6.07) is 10.2. The summed E-state index contributed by atoms with van der Waals surface area (Å²) in [6.07, 6.45) is 7.55. The van der Waals surface area contributed by atoms with Gasteiger partial charge in [0, 0.05) is 6.54 Å². The Hall–Kier alpha value is -0.900. The second-order valence-corrected chi connectivity index (χ2v) is 7.76. The van der Waals surface area contributed by atoms with E-state index in [9.17, 15) is 5.11 Å². The van der Waals surface area contributed by atoms with Crippen molar-refractivity contribution in [3.05, 3.63) is 35.9 Å². The molecule has 0 amide bonds. The first-order valence-corrected chi connectivity index (χ1v) is 9.37. The monoisotopic (exact) mass is 315 g/mol. The van der Waals surface area contributed by atoms with E-state index in [1.165, 1.54) is 38.8 Å². The Morgan fingerprint density at radius 2 is 1.74 bits per heavy atom. The lowest BCUT2D eigenvalue weighted by Crippen LogP contribution is -2.53. The summed E-state index contributed by atoms with van der Waals surface area (Å²) < 4.78 is 6.36. The molecule has 3 nitrogen and oxygen atoms in total. The molecule has 1 N–H and O–H groups in total. The molecule has 0 radical (unpaired) electrons. The lowest BCUT2D eigenvalue weighted by atomic mass is 9.80. The van der Waals surface area contributed by atoms with Gasteiger partial charge in [-0.05, 0) is 56.2 Å². The van der Waals surface area contributed by atoms with E-state index in [1.807, 2.05) is 18.2 Å². The van der Waals surface area contributed by atoms with Gasteiger partial charge in [0.25, 0.3) is 0 Å². The summed E-state index contributed by atoms with van der Waals surface area (Å²) in [5.74, 6) is 1.04. The number of hydrogen-bond acceptors (Lipinski definition) is 3. The third-order valence-electron chi connectivity index (χ3n) is 6.42. The molecule has 1 aromatic carbocycles. The molecule has 3 heterocycles. The van der Waals surface area contributed by atoms with Gasteiger partial charge in [-0.1, -0.05) is 43.2 Å². The number of benzene rings is 1. The van der Waals surface area contributed by atoms with Crippen LogP contribution in [0.3, 0.4) is 0 Å². The van der Waals surface area contributed by atoms with Crippen LogP contribution in [0.25, 0.3) is 0 Å². The minimum Gasteiger partial charge on any atom is -0.382 e. The second-order valence-electron chi connectivity index (χ2n) is 7.76. The van der Waals surface area contributed by atoms with Crippen molar-refractivity contribution in [3.63, 3.8) is 0 Å². The van der Waals surface area contributed by atoms with Crippen molar-refractivity contribution in [2.45, 2.75) is 50.2 Å². The molecule has 2 atom stereocenters. The van der Waals surface area contributed by atoms with E-state index in [1.54, 1.807) is 0 Å². The zero-order valence-corrected chi connectivity index (χ0v) is 14.0. The van der Waals surface area contributed by atoms with Crippen molar-refractivity contribution in [1.82, 2.24) is 4.90 Å². The number of hydrogen-bond donors (Lipinski definition) is 1. The molecule has 23 heavy (non-hydrogen) atoms. The van der Waals surface area contributed by atoms with Crippen molar-refractivity contribution >= 4 is 0 Å². The number of ether oxygens (including phenoxy) is 1. The molecule has 1 saturated carbocycles. The minimum absolute atomic E-state index is 0.314. The summed E-state index contributed by atoms with van der Waals surface area (Å²) in [4.78, 5) is 2.52. The Morgan fingerprint density at radius 1 is 1.04 bits per heavy atom. The van der Waals surface area contributed by atoms with E-state index in [0.29, 0.717) is 24.5 Å². The summed E-state index contributed by atoms with van der Waals surface area (Å²) in [6.45, 7) is 3.98. The van der Waals surface area contributed by atoms with Gasteiger partial charge >= 0.3 is 0 Å². The van der Waals surface area contributed by atoms with Crippen LogP contribution in [0, 0.1) is 11.8 Å². The molecule has 1 unspecified atom stereocenters. The fourth-order valence-electron chi connectivity index (χ4n) is 4.90. The smallest absolute Gasteiger partial charge is 0.116 e. The van der Waals surface area contributed by atoms with Gasteiger partial charge in [0.1, 0.15) is 5.60 Å². The first-order chi connectivity index (χ1) is 11.3. The second kappa shape index (κ2) is 6.54. The summed E-state index contributed by atoms with van der Waals surface area (Å²) in [5.41, 5.74) is 0.220. The Morgan fingerprint density at radius 3 is 2.35 bits per heavy atom. The van der Waals surface area contributed by atoms with Crippen LogP contribution in [0.2, 0.25) is 0 Å². The van der Waals surface area contributed by atoms with Crippen molar-refractivity contribution in [2.24, 2.45) is 11.8 Å². The van der Waals surface area contributed by atoms with E-state index < -0.39 is 5.60 Å². The molecular weight excluding hydrogens is 286 g/mol. The van der Waals surface area contributed by atoms with Gasteiger partial charge in [-0.15, -0.1) is 0 Å². The van der Waals surface area contributed by atoms with E-state index in [0.717, 1.165) is 24.9 Å². The molecule has 4 fully saturated rings. The van der Waals surface area contributed by atoms with Gasteiger partial charge in [0.15, 0.2) is 0 Å². The Bertz CT molecular complexity index is 506. The summed E-state index contributed by atoms with van der Waals surface area (Å²) in [5, 5.41) is 11.5. The number of piperidine rings is 3. The lowest BCUT2D eigenvalue weighted by Gasteiger charge is -2.46. The van der Waals surface area contributed by atoms with Gasteiger partial charge in [0.05, 0.1) is 12.7 Å². The van der Waals surface area contributed by atoms with Crippen molar-refractivity contribution in [2.75, 3.05) is 26.2 Å². The molecule has 5 rings (SSSR count). The van der Waals surface area contributed by atoms with E-state index in [4.69, 9.17) is 4.74 Å². The number of nitrogens with zero attached hydrogens (tertiary/aromatic N) is 1. The highest BCUT2D eigenvalue weighted by atomic mass is 16.5. The van der Waals surface area contributed by atoms with Crippen LogP contribution < -0.4 is 0 Å². The molecule has 3 saturated heterocycles. The quantitative estimate of drug-likeness (QED) is 0.906. The van der Waals surface area contributed by atoms with E-state index in [-0.39, 0.29) is 0 Å². The number of fused-ring (bicyclic) bond motifs is 3. The molecule has 1 aliphatic carbocycles. The molecular formula is C20H29NO2. The van der Waals surface area contributed by atoms with Crippen molar-refractivity contribution in [1.29, 1.82) is 0 Å². The van der Waals surface area contributed by atoms with Gasteiger partial charge in [-0.3, -0.25) is 0 Å². The fourth-order valence-corrected chi connectivity index (χ4v) is 4.90. The molecule has 3 heteroatoms. The highest BCUT2D eigenvalue weighted by molar-refractivity contribution is 5.24. The first kappa shape index (κ1) is 15.6. The van der Waals surface area contributed by atoms with Crippen LogP contribution in [0.15, 0.2) is 30.3 Å². The lowest BCUT2D eigenvalue weighted by molar-refractivity contribution is -0.143. The fraction of sp³-hybridized carbons (Fsp3) is 0.700. The van der Waals surface area contributed by atoms with Gasteiger partial charge < -0.3 is 14.7 Å². The third-order valence-corrected chi connectivity index (χ3v) is 6.42. The molecule has 3 aliphatic heterocycles. The average Bonchev–Trinajstić information content (AvgIpc) is 3.17. The van der Waals surface area contributed by atoms with E-state index in [2.05, 4.69) is 17.0 Å². The van der Waals surface area contributed by atoms with Gasteiger partial charge in [-0.2, -0.15) is 0 Å². The maximum Gasteiger partial charge on any atom is 0.116 e. The van der Waals surface area contributed by atoms with Crippen LogP contribution in [-0.2, 0) is 10.3 Å². The molecule has 0 spiro atoms. The molecule has 0 aromatic heterocycles. The standard InChI is InChI=1S/C20H29NO2/c22-20(18-8-4-5-9-18,17-6-2-1-3-7-17)15-23-19-14-21-12-10-16(19)11-13-21/h1-3,6-7,16,18-19,22H,4-5,8-15H2/t19-,20?/m1/s1. The SMILES string of the molecule is OC(CO[C@@H]1CN2CCC1CC2)(c1ccccc1)C1CCCC1. The number of rotatable bonds is 5. The molecule has 126 valence electrons. The first-order valence-electron chi connectivity index (χ1n) is 9.37. The predicted octanol–water partition coefficient (Wildman–Crippen LogP) is 3.18. The maximum atomic E-state index is 11.5. The highest BCUT2D eigenvalue weighted by Crippen LogP contribution is 2.41. The normalized spacial score (nSPS) is 33.7. The summed E-state index contributed by atoms with van der Waals surface area (Å²) in [7, 11) is 0. The third kappa shape index (κ3) is 3.07. The topological polar surface area (TPSA) is 32.7 Å². The summed E-state index contributed by atoms with van der Waals surface area (Å²) >= 11 is 0. The maximum absolute atomic E-state index is 11.5. The minimum atomic E-state index is -0.816. The van der Waals surface area contributed by atoms with Crippen LogP contribution in [0.1, 0.15) is 44.1 Å². The molecule has 1 aromatic rings.